The molecule has 1 atom stereocenters. The van der Waals surface area contributed by atoms with Gasteiger partial charge in [0.05, 0.1) is 12.0 Å². The van der Waals surface area contributed by atoms with Gasteiger partial charge in [-0.1, -0.05) is 31.5 Å². The second kappa shape index (κ2) is 10.3. The van der Waals surface area contributed by atoms with Crippen LogP contribution in [0.1, 0.15) is 49.7 Å². The summed E-state index contributed by atoms with van der Waals surface area (Å²) in [5, 5.41) is 7.78. The van der Waals surface area contributed by atoms with Gasteiger partial charge in [-0.25, -0.2) is 4.68 Å². The van der Waals surface area contributed by atoms with Gasteiger partial charge in [0.2, 0.25) is 0 Å². The molecular formula is C24H32N4O2. The highest BCUT2D eigenvalue weighted by Crippen LogP contribution is 2.22. The highest BCUT2D eigenvalue weighted by Gasteiger charge is 2.20. The Bertz CT molecular complexity index is 925. The van der Waals surface area contributed by atoms with Crippen molar-refractivity contribution >= 4 is 5.91 Å². The molecule has 1 amide bonds. The average Bonchev–Trinajstić information content (AvgIpc) is 3.41. The number of hydrogen-bond acceptors (Lipinski definition) is 4. The van der Waals surface area contributed by atoms with Gasteiger partial charge in [-0.3, -0.25) is 4.79 Å². The molecule has 1 aromatic carbocycles. The fourth-order valence-corrected chi connectivity index (χ4v) is 3.50. The minimum Gasteiger partial charge on any atom is -0.463 e. The van der Waals surface area contributed by atoms with Crippen LogP contribution in [0, 0.1) is 6.92 Å². The summed E-state index contributed by atoms with van der Waals surface area (Å²) in [4.78, 5) is 15.5. The van der Waals surface area contributed by atoms with Crippen molar-refractivity contribution in [1.29, 1.82) is 0 Å². The maximum absolute atomic E-state index is 13.1. The van der Waals surface area contributed by atoms with Gasteiger partial charge >= 0.3 is 0 Å². The third kappa shape index (κ3) is 5.39. The fourth-order valence-electron chi connectivity index (χ4n) is 3.50. The zero-order valence-corrected chi connectivity index (χ0v) is 18.4. The van der Waals surface area contributed by atoms with Crippen LogP contribution in [0.25, 0.3) is 17.1 Å². The van der Waals surface area contributed by atoms with E-state index in [-0.39, 0.29) is 11.9 Å². The third-order valence-electron chi connectivity index (χ3n) is 5.38. The molecule has 0 saturated carbocycles. The molecule has 3 rings (SSSR count). The van der Waals surface area contributed by atoms with E-state index in [0.29, 0.717) is 17.1 Å². The van der Waals surface area contributed by atoms with Crippen LogP contribution < -0.4 is 5.32 Å². The number of aryl methyl sites for hydroxylation is 1. The number of benzene rings is 1. The molecule has 3 aromatic rings. The Morgan fingerprint density at radius 2 is 1.93 bits per heavy atom. The molecule has 2 aromatic heterocycles. The summed E-state index contributed by atoms with van der Waals surface area (Å²) in [6.45, 7) is 11.6. The largest absolute Gasteiger partial charge is 0.463 e. The number of furan rings is 1. The highest BCUT2D eigenvalue weighted by atomic mass is 16.3. The van der Waals surface area contributed by atoms with Crippen LogP contribution in [0.2, 0.25) is 0 Å². The minimum absolute atomic E-state index is 0.0847. The molecule has 2 heterocycles. The Morgan fingerprint density at radius 3 is 2.57 bits per heavy atom. The first kappa shape index (κ1) is 21.8. The standard InChI is InChI=1S/C24H32N4O2/c1-5-27(6-2)15-7-9-19(4)25-24(29)22-17-21(23-10-8-16-30-23)26-28(22)20-13-11-18(3)12-14-20/h8,10-14,16-17,19H,5-7,9,15H2,1-4H3,(H,25,29)/t19-/m0/s1. The van der Waals surface area contributed by atoms with Gasteiger partial charge < -0.3 is 14.6 Å². The van der Waals surface area contributed by atoms with Gasteiger partial charge in [-0.05, 0) is 70.6 Å². The molecule has 0 fully saturated rings. The molecule has 0 radical (unpaired) electrons. The Labute approximate surface area is 178 Å². The first-order valence-electron chi connectivity index (χ1n) is 10.8. The second-order valence-electron chi connectivity index (χ2n) is 7.68. The highest BCUT2D eigenvalue weighted by molar-refractivity contribution is 5.94. The Balaban J connectivity index is 1.76. The van der Waals surface area contributed by atoms with Crippen LogP contribution in [0.15, 0.2) is 53.1 Å². The van der Waals surface area contributed by atoms with Crippen LogP contribution in [0.5, 0.6) is 0 Å². The molecular weight excluding hydrogens is 376 g/mol. The van der Waals surface area contributed by atoms with Crippen molar-refractivity contribution in [2.75, 3.05) is 19.6 Å². The van der Waals surface area contributed by atoms with Gasteiger partial charge in [-0.2, -0.15) is 5.10 Å². The van der Waals surface area contributed by atoms with E-state index in [2.05, 4.69) is 36.1 Å². The van der Waals surface area contributed by atoms with E-state index in [1.54, 1.807) is 17.0 Å². The lowest BCUT2D eigenvalue weighted by Gasteiger charge is -2.20. The number of nitrogens with zero attached hydrogens (tertiary/aromatic N) is 3. The van der Waals surface area contributed by atoms with Gasteiger partial charge in [0.1, 0.15) is 11.4 Å². The van der Waals surface area contributed by atoms with Crippen molar-refractivity contribution in [3.05, 3.63) is 60.0 Å². The quantitative estimate of drug-likeness (QED) is 0.529. The normalized spacial score (nSPS) is 12.3. The lowest BCUT2D eigenvalue weighted by atomic mass is 10.1. The summed E-state index contributed by atoms with van der Waals surface area (Å²) in [7, 11) is 0. The Morgan fingerprint density at radius 1 is 1.20 bits per heavy atom. The predicted octanol–water partition coefficient (Wildman–Crippen LogP) is 4.68. The van der Waals surface area contributed by atoms with Crippen molar-refractivity contribution in [1.82, 2.24) is 20.0 Å². The van der Waals surface area contributed by atoms with Gasteiger partial charge in [-0.15, -0.1) is 0 Å². The SMILES string of the molecule is CCN(CC)CCC[C@H](C)NC(=O)c1cc(-c2ccco2)nn1-c1ccc(C)cc1. The molecule has 1 N–H and O–H groups in total. The molecule has 0 bridgehead atoms. The van der Waals surface area contributed by atoms with Crippen molar-refractivity contribution in [3.8, 4) is 17.1 Å². The monoisotopic (exact) mass is 408 g/mol. The van der Waals surface area contributed by atoms with E-state index in [9.17, 15) is 4.79 Å². The number of aromatic nitrogens is 2. The molecule has 0 aliphatic heterocycles. The van der Waals surface area contributed by atoms with Crippen LogP contribution in [0.4, 0.5) is 0 Å². The van der Waals surface area contributed by atoms with E-state index in [1.807, 2.05) is 43.3 Å². The number of hydrogen-bond donors (Lipinski definition) is 1. The maximum atomic E-state index is 13.1. The number of carbonyl (C=O) groups is 1. The van der Waals surface area contributed by atoms with Crippen LogP contribution in [-0.4, -0.2) is 46.3 Å². The smallest absolute Gasteiger partial charge is 0.270 e. The number of carbonyl (C=O) groups excluding carboxylic acids is 1. The summed E-state index contributed by atoms with van der Waals surface area (Å²) >= 11 is 0. The number of nitrogens with one attached hydrogen (secondary N) is 1. The first-order chi connectivity index (χ1) is 14.5. The molecule has 0 aliphatic carbocycles. The molecule has 160 valence electrons. The van der Waals surface area contributed by atoms with Crippen molar-refractivity contribution in [2.45, 2.75) is 46.6 Å². The first-order valence-corrected chi connectivity index (χ1v) is 10.8. The minimum atomic E-state index is -0.128. The van der Waals surface area contributed by atoms with E-state index in [1.165, 1.54) is 0 Å². The summed E-state index contributed by atoms with van der Waals surface area (Å²) in [6.07, 6.45) is 3.60. The van der Waals surface area contributed by atoms with Crippen molar-refractivity contribution in [2.24, 2.45) is 0 Å². The van der Waals surface area contributed by atoms with Crippen molar-refractivity contribution in [3.63, 3.8) is 0 Å². The van der Waals surface area contributed by atoms with Crippen LogP contribution in [-0.2, 0) is 0 Å². The maximum Gasteiger partial charge on any atom is 0.270 e. The Hall–Kier alpha value is -2.86. The number of rotatable bonds is 10. The molecule has 0 saturated heterocycles. The lowest BCUT2D eigenvalue weighted by Crippen LogP contribution is -2.34. The third-order valence-corrected chi connectivity index (χ3v) is 5.38. The van der Waals surface area contributed by atoms with Crippen LogP contribution in [0.3, 0.4) is 0 Å². The van der Waals surface area contributed by atoms with Gasteiger partial charge in [0.25, 0.3) is 5.91 Å². The molecule has 6 heteroatoms. The Kier molecular flexibility index (Phi) is 7.46. The molecule has 0 unspecified atom stereocenters. The summed E-state index contributed by atoms with van der Waals surface area (Å²) in [5.41, 5.74) is 3.14. The number of amides is 1. The molecule has 30 heavy (non-hydrogen) atoms. The molecule has 0 spiro atoms. The summed E-state index contributed by atoms with van der Waals surface area (Å²) < 4.78 is 7.18. The summed E-state index contributed by atoms with van der Waals surface area (Å²) in [6, 6.07) is 13.5. The zero-order valence-electron chi connectivity index (χ0n) is 18.4. The van der Waals surface area contributed by atoms with Gasteiger partial charge in [0, 0.05) is 12.1 Å². The fraction of sp³-hybridized carbons (Fsp3) is 0.417. The zero-order chi connectivity index (χ0) is 21.5. The van der Waals surface area contributed by atoms with Crippen molar-refractivity contribution < 1.29 is 9.21 Å². The lowest BCUT2D eigenvalue weighted by molar-refractivity contribution is 0.0929. The van der Waals surface area contributed by atoms with E-state index in [0.717, 1.165) is 43.7 Å². The van der Waals surface area contributed by atoms with Gasteiger partial charge in [0.15, 0.2) is 5.76 Å². The topological polar surface area (TPSA) is 63.3 Å². The average molecular weight is 409 g/mol. The second-order valence-corrected chi connectivity index (χ2v) is 7.68. The van der Waals surface area contributed by atoms with Crippen LogP contribution >= 0.6 is 0 Å². The van der Waals surface area contributed by atoms with E-state index >= 15 is 0 Å². The predicted molar refractivity (Wildman–Crippen MR) is 120 cm³/mol. The summed E-state index contributed by atoms with van der Waals surface area (Å²) in [5.74, 6) is 0.512. The molecule has 0 aliphatic rings. The molecule has 6 nitrogen and oxygen atoms in total. The van der Waals surface area contributed by atoms with E-state index in [4.69, 9.17) is 4.42 Å². The van der Waals surface area contributed by atoms with E-state index < -0.39 is 0 Å².